The molecule has 6 nitrogen and oxygen atoms in total. The second kappa shape index (κ2) is 6.55. The van der Waals surface area contributed by atoms with Crippen LogP contribution in [-0.2, 0) is 0 Å². The number of nitro benzene ring substituents is 1. The first kappa shape index (κ1) is 15.3. The van der Waals surface area contributed by atoms with Crippen LogP contribution in [0.3, 0.4) is 0 Å². The number of benzene rings is 2. The molecule has 0 aliphatic rings. The SMILES string of the molecule is O=C(Nc1cccc([N+](=O)[O-])c1)Nc1cc(Br)ccc1Cl. The Balaban J connectivity index is 2.10. The van der Waals surface area contributed by atoms with Crippen molar-refractivity contribution in [3.05, 3.63) is 62.1 Å². The number of urea groups is 1. The zero-order chi connectivity index (χ0) is 15.4. The van der Waals surface area contributed by atoms with E-state index in [1.54, 1.807) is 24.3 Å². The molecule has 0 aromatic heterocycles. The van der Waals surface area contributed by atoms with Gasteiger partial charge in [-0.15, -0.1) is 0 Å². The molecule has 0 unspecified atom stereocenters. The van der Waals surface area contributed by atoms with E-state index >= 15 is 0 Å². The summed E-state index contributed by atoms with van der Waals surface area (Å²) in [6.07, 6.45) is 0. The summed E-state index contributed by atoms with van der Waals surface area (Å²) in [7, 11) is 0. The van der Waals surface area contributed by atoms with Crippen LogP contribution >= 0.6 is 27.5 Å². The van der Waals surface area contributed by atoms with Crippen LogP contribution in [0.1, 0.15) is 0 Å². The second-order valence-electron chi connectivity index (χ2n) is 4.01. The van der Waals surface area contributed by atoms with E-state index in [0.29, 0.717) is 16.4 Å². The van der Waals surface area contributed by atoms with Crippen molar-refractivity contribution in [1.82, 2.24) is 0 Å². The summed E-state index contributed by atoms with van der Waals surface area (Å²) in [6, 6.07) is 10.1. The summed E-state index contributed by atoms with van der Waals surface area (Å²) in [6.45, 7) is 0. The number of nitro groups is 1. The van der Waals surface area contributed by atoms with Gasteiger partial charge in [0.2, 0.25) is 0 Å². The number of nitrogens with zero attached hydrogens (tertiary/aromatic N) is 1. The van der Waals surface area contributed by atoms with Crippen LogP contribution < -0.4 is 10.6 Å². The van der Waals surface area contributed by atoms with Gasteiger partial charge in [-0.3, -0.25) is 10.1 Å². The van der Waals surface area contributed by atoms with Gasteiger partial charge in [0, 0.05) is 22.3 Å². The zero-order valence-electron chi connectivity index (χ0n) is 10.5. The fraction of sp³-hybridized carbons (Fsp3) is 0. The minimum absolute atomic E-state index is 0.103. The van der Waals surface area contributed by atoms with Crippen LogP contribution in [0.15, 0.2) is 46.9 Å². The third kappa shape index (κ3) is 4.17. The van der Waals surface area contributed by atoms with Crippen molar-refractivity contribution in [2.24, 2.45) is 0 Å². The topological polar surface area (TPSA) is 84.3 Å². The highest BCUT2D eigenvalue weighted by molar-refractivity contribution is 9.10. The monoisotopic (exact) mass is 369 g/mol. The van der Waals surface area contributed by atoms with Gasteiger partial charge in [-0.1, -0.05) is 33.6 Å². The predicted octanol–water partition coefficient (Wildman–Crippen LogP) is 4.65. The molecule has 0 aliphatic carbocycles. The van der Waals surface area contributed by atoms with E-state index in [4.69, 9.17) is 11.6 Å². The Labute approximate surface area is 133 Å². The van der Waals surface area contributed by atoms with Crippen LogP contribution in [0, 0.1) is 10.1 Å². The van der Waals surface area contributed by atoms with Crippen molar-refractivity contribution in [2.75, 3.05) is 10.6 Å². The third-order valence-corrected chi connectivity index (χ3v) is 3.31. The minimum atomic E-state index is -0.546. The molecule has 2 rings (SSSR count). The minimum Gasteiger partial charge on any atom is -0.307 e. The molecule has 0 aliphatic heterocycles. The molecule has 21 heavy (non-hydrogen) atoms. The summed E-state index contributed by atoms with van der Waals surface area (Å²) < 4.78 is 0.762. The van der Waals surface area contributed by atoms with Crippen LogP contribution in [0.2, 0.25) is 5.02 Å². The lowest BCUT2D eigenvalue weighted by Crippen LogP contribution is -2.19. The fourth-order valence-electron chi connectivity index (χ4n) is 1.58. The Bertz CT molecular complexity index is 709. The van der Waals surface area contributed by atoms with Gasteiger partial charge in [-0.2, -0.15) is 0 Å². The quantitative estimate of drug-likeness (QED) is 0.609. The molecule has 0 saturated heterocycles. The van der Waals surface area contributed by atoms with Crippen molar-refractivity contribution < 1.29 is 9.72 Å². The number of hydrogen-bond donors (Lipinski definition) is 2. The molecule has 8 heteroatoms. The lowest BCUT2D eigenvalue weighted by molar-refractivity contribution is -0.384. The van der Waals surface area contributed by atoms with Crippen LogP contribution in [0.25, 0.3) is 0 Å². The summed E-state index contributed by atoms with van der Waals surface area (Å²) in [5.41, 5.74) is 0.634. The predicted molar refractivity (Wildman–Crippen MR) is 84.9 cm³/mol. The van der Waals surface area contributed by atoms with Crippen LogP contribution in [-0.4, -0.2) is 11.0 Å². The van der Waals surface area contributed by atoms with Crippen LogP contribution in [0.4, 0.5) is 21.9 Å². The van der Waals surface area contributed by atoms with Crippen molar-refractivity contribution in [2.45, 2.75) is 0 Å². The van der Waals surface area contributed by atoms with E-state index in [2.05, 4.69) is 26.6 Å². The van der Waals surface area contributed by atoms with Crippen molar-refractivity contribution in [3.63, 3.8) is 0 Å². The average molecular weight is 371 g/mol. The number of carbonyl (C=O) groups excluding carboxylic acids is 1. The number of carbonyl (C=O) groups is 1. The molecule has 0 atom stereocenters. The molecule has 0 radical (unpaired) electrons. The van der Waals surface area contributed by atoms with Gasteiger partial charge in [-0.05, 0) is 24.3 Å². The highest BCUT2D eigenvalue weighted by Crippen LogP contribution is 2.26. The van der Waals surface area contributed by atoms with Gasteiger partial charge in [0.1, 0.15) is 0 Å². The Kier molecular flexibility index (Phi) is 4.77. The zero-order valence-corrected chi connectivity index (χ0v) is 12.8. The molecule has 0 spiro atoms. The molecule has 0 bridgehead atoms. The van der Waals surface area contributed by atoms with Gasteiger partial charge in [-0.25, -0.2) is 4.79 Å². The molecule has 2 amide bonds. The number of non-ortho nitro benzene ring substituents is 1. The summed E-state index contributed by atoms with van der Waals surface area (Å²) >= 11 is 9.23. The number of amides is 2. The highest BCUT2D eigenvalue weighted by atomic mass is 79.9. The number of nitrogens with one attached hydrogen (secondary N) is 2. The van der Waals surface area contributed by atoms with E-state index in [1.165, 1.54) is 18.2 Å². The standard InChI is InChI=1S/C13H9BrClN3O3/c14-8-4-5-11(15)12(6-8)17-13(19)16-9-2-1-3-10(7-9)18(20)21/h1-7H,(H2,16,17,19). The number of halogens is 2. The fourth-order valence-corrected chi connectivity index (χ4v) is 2.10. The maximum absolute atomic E-state index is 11.9. The van der Waals surface area contributed by atoms with E-state index in [-0.39, 0.29) is 5.69 Å². The van der Waals surface area contributed by atoms with Gasteiger partial charge >= 0.3 is 6.03 Å². The lowest BCUT2D eigenvalue weighted by atomic mass is 10.3. The van der Waals surface area contributed by atoms with Gasteiger partial charge in [0.05, 0.1) is 15.6 Å². The lowest BCUT2D eigenvalue weighted by Gasteiger charge is -2.09. The van der Waals surface area contributed by atoms with E-state index in [0.717, 1.165) is 4.47 Å². The maximum Gasteiger partial charge on any atom is 0.323 e. The third-order valence-electron chi connectivity index (χ3n) is 2.49. The Morgan fingerprint density at radius 1 is 1.19 bits per heavy atom. The highest BCUT2D eigenvalue weighted by Gasteiger charge is 2.09. The molecular formula is C13H9BrClN3O3. The summed E-state index contributed by atoms with van der Waals surface area (Å²) in [4.78, 5) is 22.0. The number of rotatable bonds is 3. The molecule has 108 valence electrons. The maximum atomic E-state index is 11.9. The Morgan fingerprint density at radius 2 is 1.95 bits per heavy atom. The van der Waals surface area contributed by atoms with Crippen molar-refractivity contribution in [3.8, 4) is 0 Å². The molecule has 0 fully saturated rings. The smallest absolute Gasteiger partial charge is 0.307 e. The van der Waals surface area contributed by atoms with Crippen LogP contribution in [0.5, 0.6) is 0 Å². The first-order valence-electron chi connectivity index (χ1n) is 5.73. The second-order valence-corrected chi connectivity index (χ2v) is 5.33. The first-order valence-corrected chi connectivity index (χ1v) is 6.90. The summed E-state index contributed by atoms with van der Waals surface area (Å²) in [5, 5.41) is 16.1. The molecule has 0 saturated carbocycles. The van der Waals surface area contributed by atoms with E-state index in [1.807, 2.05) is 0 Å². The normalized spacial score (nSPS) is 10.0. The number of anilines is 2. The molecule has 2 aromatic rings. The molecule has 2 aromatic carbocycles. The first-order chi connectivity index (χ1) is 9.95. The molecule has 0 heterocycles. The van der Waals surface area contributed by atoms with Gasteiger partial charge < -0.3 is 10.6 Å². The molecule has 2 N–H and O–H groups in total. The Hall–Kier alpha value is -2.12. The largest absolute Gasteiger partial charge is 0.323 e. The summed E-state index contributed by atoms with van der Waals surface area (Å²) in [5.74, 6) is 0. The van der Waals surface area contributed by atoms with Gasteiger partial charge in [0.15, 0.2) is 0 Å². The molecular weight excluding hydrogens is 362 g/mol. The van der Waals surface area contributed by atoms with Crippen molar-refractivity contribution >= 4 is 50.6 Å². The van der Waals surface area contributed by atoms with Crippen molar-refractivity contribution in [1.29, 1.82) is 0 Å². The Morgan fingerprint density at radius 3 is 2.67 bits per heavy atom. The van der Waals surface area contributed by atoms with E-state index < -0.39 is 11.0 Å². The van der Waals surface area contributed by atoms with E-state index in [9.17, 15) is 14.9 Å². The van der Waals surface area contributed by atoms with Gasteiger partial charge in [0.25, 0.3) is 5.69 Å². The number of hydrogen-bond acceptors (Lipinski definition) is 3. The average Bonchev–Trinajstić information content (AvgIpc) is 2.43.